The summed E-state index contributed by atoms with van der Waals surface area (Å²) in [4.78, 5) is 4.48. The van der Waals surface area contributed by atoms with Crippen LogP contribution in [0.3, 0.4) is 0 Å². The van der Waals surface area contributed by atoms with E-state index in [0.717, 1.165) is 22.2 Å². The van der Waals surface area contributed by atoms with Crippen molar-refractivity contribution in [3.8, 4) is 11.5 Å². The zero-order valence-corrected chi connectivity index (χ0v) is 11.0. The Kier molecular flexibility index (Phi) is 2.91. The van der Waals surface area contributed by atoms with Crippen molar-refractivity contribution < 1.29 is 10.2 Å². The molecule has 0 bridgehead atoms. The Morgan fingerprint density at radius 2 is 1.60 bits per heavy atom. The Balaban J connectivity index is 2.01. The first-order valence-electron chi connectivity index (χ1n) is 6.28. The van der Waals surface area contributed by atoms with Gasteiger partial charge in [0.2, 0.25) is 0 Å². The van der Waals surface area contributed by atoms with Crippen molar-refractivity contribution in [2.75, 3.05) is 5.32 Å². The minimum Gasteiger partial charge on any atom is -0.508 e. The molecule has 0 fully saturated rings. The molecule has 0 aliphatic heterocycles. The maximum Gasteiger partial charge on any atom is 0.131 e. The van der Waals surface area contributed by atoms with Crippen LogP contribution < -0.4 is 5.32 Å². The maximum atomic E-state index is 9.54. The lowest BCUT2D eigenvalue weighted by atomic mass is 10.1. The highest BCUT2D eigenvalue weighted by molar-refractivity contribution is 5.85. The Morgan fingerprint density at radius 3 is 2.35 bits per heavy atom. The molecule has 4 nitrogen and oxygen atoms in total. The van der Waals surface area contributed by atoms with E-state index in [2.05, 4.69) is 10.3 Å². The largest absolute Gasteiger partial charge is 0.508 e. The van der Waals surface area contributed by atoms with Crippen LogP contribution in [-0.2, 0) is 0 Å². The molecule has 0 atom stereocenters. The molecule has 4 heteroatoms. The number of pyridine rings is 1. The number of nitrogens with zero attached hydrogens (tertiary/aromatic N) is 1. The van der Waals surface area contributed by atoms with Crippen LogP contribution in [0.15, 0.2) is 48.5 Å². The topological polar surface area (TPSA) is 65.4 Å². The molecule has 1 aromatic heterocycles. The predicted octanol–water partition coefficient (Wildman–Crippen LogP) is 3.70. The number of fused-ring (bicyclic) bond motifs is 1. The van der Waals surface area contributed by atoms with Crippen LogP contribution in [0.4, 0.5) is 11.5 Å². The van der Waals surface area contributed by atoms with Crippen molar-refractivity contribution in [2.24, 2.45) is 0 Å². The second-order valence-corrected chi connectivity index (χ2v) is 4.70. The highest BCUT2D eigenvalue weighted by Gasteiger charge is 2.04. The summed E-state index contributed by atoms with van der Waals surface area (Å²) < 4.78 is 0. The van der Waals surface area contributed by atoms with Crippen LogP contribution in [0.25, 0.3) is 10.9 Å². The number of anilines is 2. The van der Waals surface area contributed by atoms with Gasteiger partial charge in [0, 0.05) is 17.1 Å². The lowest BCUT2D eigenvalue weighted by Gasteiger charge is -2.09. The van der Waals surface area contributed by atoms with Gasteiger partial charge in [-0.25, -0.2) is 4.98 Å². The number of hydrogen-bond acceptors (Lipinski definition) is 4. The molecule has 0 radical (unpaired) electrons. The lowest BCUT2D eigenvalue weighted by molar-refractivity contribution is 0.475. The number of benzene rings is 2. The summed E-state index contributed by atoms with van der Waals surface area (Å²) >= 11 is 0. The van der Waals surface area contributed by atoms with Gasteiger partial charge in [-0.2, -0.15) is 0 Å². The molecule has 0 amide bonds. The van der Waals surface area contributed by atoms with E-state index in [0.29, 0.717) is 5.82 Å². The van der Waals surface area contributed by atoms with Gasteiger partial charge in [0.1, 0.15) is 17.3 Å². The third kappa shape index (κ3) is 2.36. The van der Waals surface area contributed by atoms with E-state index in [1.54, 1.807) is 36.4 Å². The van der Waals surface area contributed by atoms with Crippen molar-refractivity contribution in [1.82, 2.24) is 4.98 Å². The van der Waals surface area contributed by atoms with E-state index in [-0.39, 0.29) is 11.5 Å². The minimum atomic E-state index is 0.200. The summed E-state index contributed by atoms with van der Waals surface area (Å²) in [7, 11) is 0. The molecule has 3 rings (SSSR count). The molecule has 1 heterocycles. The average Bonchev–Trinajstić information content (AvgIpc) is 2.41. The second kappa shape index (κ2) is 4.74. The van der Waals surface area contributed by atoms with E-state index in [4.69, 9.17) is 0 Å². The van der Waals surface area contributed by atoms with Gasteiger partial charge in [-0.1, -0.05) is 0 Å². The third-order valence-corrected chi connectivity index (χ3v) is 3.14. The number of phenolic OH excluding ortho intramolecular Hbond substituents is 2. The molecule has 2 aromatic carbocycles. The lowest BCUT2D eigenvalue weighted by Crippen LogP contribution is -1.95. The van der Waals surface area contributed by atoms with Gasteiger partial charge in [0.05, 0.1) is 5.52 Å². The van der Waals surface area contributed by atoms with Crippen LogP contribution in [-0.4, -0.2) is 15.2 Å². The molecular formula is C16H14N2O2. The van der Waals surface area contributed by atoms with Crippen molar-refractivity contribution in [3.63, 3.8) is 0 Å². The summed E-state index contributed by atoms with van der Waals surface area (Å²) in [5.74, 6) is 1.13. The number of phenols is 2. The van der Waals surface area contributed by atoms with Crippen LogP contribution >= 0.6 is 0 Å². The zero-order valence-electron chi connectivity index (χ0n) is 11.0. The second-order valence-electron chi connectivity index (χ2n) is 4.70. The SMILES string of the molecule is Cc1cc(Nc2ccc(O)cc2)nc2cc(O)ccc12. The van der Waals surface area contributed by atoms with Crippen molar-refractivity contribution in [3.05, 3.63) is 54.1 Å². The number of rotatable bonds is 2. The van der Waals surface area contributed by atoms with E-state index >= 15 is 0 Å². The summed E-state index contributed by atoms with van der Waals surface area (Å²) in [6, 6.07) is 13.9. The molecule has 0 saturated heterocycles. The molecule has 20 heavy (non-hydrogen) atoms. The number of aryl methyl sites for hydroxylation is 1. The molecule has 0 aliphatic rings. The van der Waals surface area contributed by atoms with Crippen LogP contribution in [0.2, 0.25) is 0 Å². The number of aromatic hydroxyl groups is 2. The fourth-order valence-corrected chi connectivity index (χ4v) is 2.15. The highest BCUT2D eigenvalue weighted by Crippen LogP contribution is 2.25. The van der Waals surface area contributed by atoms with Crippen LogP contribution in [0.1, 0.15) is 5.56 Å². The molecule has 0 spiro atoms. The van der Waals surface area contributed by atoms with Gasteiger partial charge in [-0.05, 0) is 55.0 Å². The normalized spacial score (nSPS) is 10.7. The van der Waals surface area contributed by atoms with E-state index in [9.17, 15) is 10.2 Å². The molecule has 0 saturated carbocycles. The van der Waals surface area contributed by atoms with Crippen LogP contribution in [0.5, 0.6) is 11.5 Å². The van der Waals surface area contributed by atoms with Gasteiger partial charge in [-0.3, -0.25) is 0 Å². The molecule has 3 N–H and O–H groups in total. The Hall–Kier alpha value is -2.75. The highest BCUT2D eigenvalue weighted by atomic mass is 16.3. The van der Waals surface area contributed by atoms with E-state index < -0.39 is 0 Å². The summed E-state index contributed by atoms with van der Waals surface area (Å²) in [5.41, 5.74) is 2.66. The smallest absolute Gasteiger partial charge is 0.131 e. The van der Waals surface area contributed by atoms with Crippen molar-refractivity contribution in [2.45, 2.75) is 6.92 Å². The number of aromatic nitrogens is 1. The van der Waals surface area contributed by atoms with Crippen molar-refractivity contribution >= 4 is 22.4 Å². The summed E-state index contributed by atoms with van der Waals surface area (Å²) in [6.07, 6.45) is 0. The zero-order chi connectivity index (χ0) is 14.1. The van der Waals surface area contributed by atoms with E-state index in [1.165, 1.54) is 0 Å². The fourth-order valence-electron chi connectivity index (χ4n) is 2.15. The maximum absolute atomic E-state index is 9.54. The number of nitrogens with one attached hydrogen (secondary N) is 1. The van der Waals surface area contributed by atoms with Gasteiger partial charge < -0.3 is 15.5 Å². The first-order chi connectivity index (χ1) is 9.61. The van der Waals surface area contributed by atoms with Gasteiger partial charge in [0.15, 0.2) is 0 Å². The van der Waals surface area contributed by atoms with Gasteiger partial charge in [0.25, 0.3) is 0 Å². The Bertz CT molecular complexity index is 767. The van der Waals surface area contributed by atoms with Crippen LogP contribution in [0, 0.1) is 6.92 Å². The summed E-state index contributed by atoms with van der Waals surface area (Å²) in [5, 5.41) is 23.0. The Morgan fingerprint density at radius 1 is 0.900 bits per heavy atom. The fraction of sp³-hybridized carbons (Fsp3) is 0.0625. The monoisotopic (exact) mass is 266 g/mol. The van der Waals surface area contributed by atoms with Gasteiger partial charge in [-0.15, -0.1) is 0 Å². The van der Waals surface area contributed by atoms with Gasteiger partial charge >= 0.3 is 0 Å². The average molecular weight is 266 g/mol. The first kappa shape index (κ1) is 12.3. The molecule has 100 valence electrons. The Labute approximate surface area is 116 Å². The molecule has 0 unspecified atom stereocenters. The first-order valence-corrected chi connectivity index (χ1v) is 6.28. The predicted molar refractivity (Wildman–Crippen MR) is 79.5 cm³/mol. The standard InChI is InChI=1S/C16H14N2O2/c1-10-8-16(17-11-2-4-12(19)5-3-11)18-15-9-13(20)6-7-14(10)15/h2-9,19-20H,1H3,(H,17,18). The number of hydrogen-bond donors (Lipinski definition) is 3. The summed E-state index contributed by atoms with van der Waals surface area (Å²) in [6.45, 7) is 2.00. The van der Waals surface area contributed by atoms with Crippen molar-refractivity contribution in [1.29, 1.82) is 0 Å². The minimum absolute atomic E-state index is 0.200. The third-order valence-electron chi connectivity index (χ3n) is 3.14. The molecule has 3 aromatic rings. The molecular weight excluding hydrogens is 252 g/mol. The van der Waals surface area contributed by atoms with E-state index in [1.807, 2.05) is 19.1 Å². The molecule has 0 aliphatic carbocycles. The quantitative estimate of drug-likeness (QED) is 0.619.